The molecule has 0 aliphatic carbocycles. The van der Waals surface area contributed by atoms with Gasteiger partial charge in [-0.1, -0.05) is 40.2 Å². The van der Waals surface area contributed by atoms with Gasteiger partial charge in [-0.25, -0.2) is 4.79 Å². The van der Waals surface area contributed by atoms with Crippen molar-refractivity contribution in [2.75, 3.05) is 5.32 Å². The summed E-state index contributed by atoms with van der Waals surface area (Å²) in [5.41, 5.74) is 0.639. The molecule has 6 heteroatoms. The van der Waals surface area contributed by atoms with Crippen LogP contribution in [-0.4, -0.2) is 17.2 Å². The number of para-hydroxylation sites is 1. The standard InChI is InChI=1S/C16H15BrN2O2S/c1-11(22-14-9-5-6-12(17)10-14)15(20)19-16(21)18-13-7-3-2-4-8-13/h2-11H,1H3,(H2,18,19,20,21). The first-order valence-corrected chi connectivity index (χ1v) is 8.31. The Morgan fingerprint density at radius 3 is 2.50 bits per heavy atom. The SMILES string of the molecule is CC(Sc1cccc(Br)c1)C(=O)NC(=O)Nc1ccccc1. The Morgan fingerprint density at radius 2 is 1.82 bits per heavy atom. The minimum absolute atomic E-state index is 0.335. The van der Waals surface area contributed by atoms with Crippen molar-refractivity contribution in [2.24, 2.45) is 0 Å². The number of imide groups is 1. The molecule has 2 aromatic carbocycles. The Hall–Kier alpha value is -1.79. The highest BCUT2D eigenvalue weighted by Gasteiger charge is 2.17. The number of hydrogen-bond donors (Lipinski definition) is 2. The monoisotopic (exact) mass is 378 g/mol. The van der Waals surface area contributed by atoms with Gasteiger partial charge in [0.05, 0.1) is 5.25 Å². The predicted octanol–water partition coefficient (Wildman–Crippen LogP) is 4.28. The van der Waals surface area contributed by atoms with Gasteiger partial charge in [0.2, 0.25) is 5.91 Å². The molecule has 1 atom stereocenters. The summed E-state index contributed by atoms with van der Waals surface area (Å²) in [6.07, 6.45) is 0. The van der Waals surface area contributed by atoms with Gasteiger partial charge >= 0.3 is 6.03 Å². The van der Waals surface area contributed by atoms with E-state index in [4.69, 9.17) is 0 Å². The summed E-state index contributed by atoms with van der Waals surface area (Å²) in [6, 6.07) is 16.1. The minimum atomic E-state index is -0.530. The third-order valence-corrected chi connectivity index (χ3v) is 4.33. The lowest BCUT2D eigenvalue weighted by molar-refractivity contribution is -0.119. The average molecular weight is 379 g/mol. The Morgan fingerprint density at radius 1 is 1.09 bits per heavy atom. The van der Waals surface area contributed by atoms with E-state index >= 15 is 0 Å². The van der Waals surface area contributed by atoms with E-state index in [1.54, 1.807) is 19.1 Å². The molecule has 0 spiro atoms. The summed E-state index contributed by atoms with van der Waals surface area (Å²) in [7, 11) is 0. The van der Waals surface area contributed by atoms with Crippen molar-refractivity contribution in [2.45, 2.75) is 17.1 Å². The molecule has 0 aliphatic heterocycles. The summed E-state index contributed by atoms with van der Waals surface area (Å²) in [6.45, 7) is 1.76. The van der Waals surface area contributed by atoms with Gasteiger partial charge in [0.25, 0.3) is 0 Å². The maximum absolute atomic E-state index is 12.0. The van der Waals surface area contributed by atoms with E-state index in [2.05, 4.69) is 26.6 Å². The lowest BCUT2D eigenvalue weighted by Crippen LogP contribution is -2.38. The van der Waals surface area contributed by atoms with Crippen LogP contribution in [0.1, 0.15) is 6.92 Å². The molecule has 114 valence electrons. The highest BCUT2D eigenvalue weighted by Crippen LogP contribution is 2.25. The quantitative estimate of drug-likeness (QED) is 0.780. The van der Waals surface area contributed by atoms with Crippen LogP contribution in [0.25, 0.3) is 0 Å². The van der Waals surface area contributed by atoms with Crippen molar-refractivity contribution >= 4 is 45.3 Å². The number of amides is 3. The van der Waals surface area contributed by atoms with Crippen LogP contribution in [0.15, 0.2) is 64.0 Å². The van der Waals surface area contributed by atoms with E-state index < -0.39 is 6.03 Å². The number of anilines is 1. The van der Waals surface area contributed by atoms with Gasteiger partial charge in [0.15, 0.2) is 0 Å². The van der Waals surface area contributed by atoms with Gasteiger partial charge < -0.3 is 5.32 Å². The van der Waals surface area contributed by atoms with Gasteiger partial charge in [-0.2, -0.15) is 0 Å². The van der Waals surface area contributed by atoms with Gasteiger partial charge in [0, 0.05) is 15.1 Å². The zero-order valence-corrected chi connectivity index (χ0v) is 14.3. The lowest BCUT2D eigenvalue weighted by atomic mass is 10.3. The summed E-state index contributed by atoms with van der Waals surface area (Å²) >= 11 is 4.78. The summed E-state index contributed by atoms with van der Waals surface area (Å²) in [4.78, 5) is 24.8. The van der Waals surface area contributed by atoms with Crippen LogP contribution in [0, 0.1) is 0 Å². The summed E-state index contributed by atoms with van der Waals surface area (Å²) in [5.74, 6) is -0.335. The topological polar surface area (TPSA) is 58.2 Å². The second kappa shape index (κ2) is 8.00. The Bertz CT molecular complexity index is 664. The molecule has 1 unspecified atom stereocenters. The number of urea groups is 1. The van der Waals surface area contributed by atoms with Gasteiger partial charge in [-0.3, -0.25) is 10.1 Å². The first kappa shape index (κ1) is 16.6. The van der Waals surface area contributed by atoms with E-state index in [9.17, 15) is 9.59 Å². The fraction of sp³-hybridized carbons (Fsp3) is 0.125. The number of benzene rings is 2. The molecule has 0 aliphatic rings. The molecule has 0 bridgehead atoms. The largest absolute Gasteiger partial charge is 0.325 e. The maximum atomic E-state index is 12.0. The fourth-order valence-electron chi connectivity index (χ4n) is 1.70. The molecule has 0 heterocycles. The predicted molar refractivity (Wildman–Crippen MR) is 93.1 cm³/mol. The molecule has 2 N–H and O–H groups in total. The number of carbonyl (C=O) groups excluding carboxylic acids is 2. The van der Waals surface area contributed by atoms with Crippen molar-refractivity contribution in [3.63, 3.8) is 0 Å². The molecular formula is C16H15BrN2O2S. The van der Waals surface area contributed by atoms with E-state index in [1.165, 1.54) is 11.8 Å². The van der Waals surface area contributed by atoms with Crippen molar-refractivity contribution < 1.29 is 9.59 Å². The van der Waals surface area contributed by atoms with Crippen molar-refractivity contribution in [3.05, 3.63) is 59.1 Å². The molecule has 0 saturated carbocycles. The van der Waals surface area contributed by atoms with Crippen LogP contribution in [0.3, 0.4) is 0 Å². The minimum Gasteiger partial charge on any atom is -0.308 e. The van der Waals surface area contributed by atoms with Crippen LogP contribution in [0.4, 0.5) is 10.5 Å². The van der Waals surface area contributed by atoms with Crippen LogP contribution in [-0.2, 0) is 4.79 Å². The first-order valence-electron chi connectivity index (χ1n) is 6.64. The molecule has 3 amide bonds. The molecule has 0 fully saturated rings. The number of nitrogens with one attached hydrogen (secondary N) is 2. The number of hydrogen-bond acceptors (Lipinski definition) is 3. The van der Waals surface area contributed by atoms with Crippen molar-refractivity contribution in [3.8, 4) is 0 Å². The van der Waals surface area contributed by atoms with Crippen LogP contribution in [0.5, 0.6) is 0 Å². The molecule has 0 radical (unpaired) electrons. The number of halogens is 1. The smallest absolute Gasteiger partial charge is 0.308 e. The number of carbonyl (C=O) groups is 2. The van der Waals surface area contributed by atoms with Gasteiger partial charge in [0.1, 0.15) is 0 Å². The Labute approximate surface area is 141 Å². The number of thioether (sulfide) groups is 1. The first-order chi connectivity index (χ1) is 10.5. The second-order valence-corrected chi connectivity index (χ2v) is 6.86. The molecule has 0 aromatic heterocycles. The molecule has 0 saturated heterocycles. The van der Waals surface area contributed by atoms with E-state index in [1.807, 2.05) is 42.5 Å². The lowest BCUT2D eigenvalue weighted by Gasteiger charge is -2.12. The van der Waals surface area contributed by atoms with Gasteiger partial charge in [-0.05, 0) is 37.3 Å². The van der Waals surface area contributed by atoms with Gasteiger partial charge in [-0.15, -0.1) is 11.8 Å². The van der Waals surface area contributed by atoms with Crippen LogP contribution in [0.2, 0.25) is 0 Å². The van der Waals surface area contributed by atoms with Crippen molar-refractivity contribution in [1.82, 2.24) is 5.32 Å². The zero-order chi connectivity index (χ0) is 15.9. The van der Waals surface area contributed by atoms with Crippen LogP contribution >= 0.6 is 27.7 Å². The number of rotatable bonds is 4. The normalized spacial score (nSPS) is 11.5. The summed E-state index contributed by atoms with van der Waals surface area (Å²) in [5, 5.41) is 4.58. The summed E-state index contributed by atoms with van der Waals surface area (Å²) < 4.78 is 0.951. The highest BCUT2D eigenvalue weighted by molar-refractivity contribution is 9.10. The fourth-order valence-corrected chi connectivity index (χ4v) is 3.17. The molecule has 22 heavy (non-hydrogen) atoms. The Kier molecular flexibility index (Phi) is 6.03. The molecular weight excluding hydrogens is 364 g/mol. The van der Waals surface area contributed by atoms with Crippen molar-refractivity contribution in [1.29, 1.82) is 0 Å². The van der Waals surface area contributed by atoms with E-state index in [0.29, 0.717) is 5.69 Å². The molecule has 2 aromatic rings. The van der Waals surface area contributed by atoms with E-state index in [0.717, 1.165) is 9.37 Å². The van der Waals surface area contributed by atoms with E-state index in [-0.39, 0.29) is 11.2 Å². The molecule has 2 rings (SSSR count). The Balaban J connectivity index is 1.87. The third-order valence-electron chi connectivity index (χ3n) is 2.75. The highest BCUT2D eigenvalue weighted by atomic mass is 79.9. The zero-order valence-electron chi connectivity index (χ0n) is 11.9. The third kappa shape index (κ3) is 5.20. The maximum Gasteiger partial charge on any atom is 0.325 e. The average Bonchev–Trinajstić information content (AvgIpc) is 2.48. The van der Waals surface area contributed by atoms with Crippen LogP contribution < -0.4 is 10.6 Å². The second-order valence-electron chi connectivity index (χ2n) is 4.53. The molecule has 4 nitrogen and oxygen atoms in total.